The lowest BCUT2D eigenvalue weighted by Crippen LogP contribution is -2.40. The number of anilines is 3. The van der Waals surface area contributed by atoms with E-state index in [1.807, 2.05) is 0 Å². The quantitative estimate of drug-likeness (QED) is 0.183. The van der Waals surface area contributed by atoms with Crippen LogP contribution >= 0.6 is 0 Å². The lowest BCUT2D eigenvalue weighted by atomic mass is 9.55. The molecule has 256 valence electrons. The number of hydrogen-bond donors (Lipinski definition) is 0. The highest BCUT2D eigenvalue weighted by molar-refractivity contribution is 6.07. The van der Waals surface area contributed by atoms with Gasteiger partial charge < -0.3 is 9.32 Å². The summed E-state index contributed by atoms with van der Waals surface area (Å²) in [6.07, 6.45) is 0. The Labute approximate surface area is 315 Å². The summed E-state index contributed by atoms with van der Waals surface area (Å²) < 4.78 is 6.58. The van der Waals surface area contributed by atoms with E-state index in [4.69, 9.17) is 4.42 Å². The number of furan rings is 1. The minimum Gasteiger partial charge on any atom is -0.456 e. The van der Waals surface area contributed by atoms with Crippen molar-refractivity contribution >= 4 is 39.0 Å². The molecule has 2 aliphatic rings. The van der Waals surface area contributed by atoms with Crippen molar-refractivity contribution in [2.45, 2.75) is 24.7 Å². The van der Waals surface area contributed by atoms with E-state index in [0.29, 0.717) is 0 Å². The minimum atomic E-state index is -0.388. The van der Waals surface area contributed by atoms with E-state index < -0.39 is 0 Å². The van der Waals surface area contributed by atoms with Crippen LogP contribution in [0.2, 0.25) is 0 Å². The second-order valence-corrected chi connectivity index (χ2v) is 15.3. The van der Waals surface area contributed by atoms with Gasteiger partial charge in [-0.1, -0.05) is 141 Å². The number of nitrogens with zero attached hydrogens (tertiary/aromatic N) is 1. The van der Waals surface area contributed by atoms with E-state index in [-0.39, 0.29) is 10.8 Å². The predicted octanol–water partition coefficient (Wildman–Crippen LogP) is 13.7. The molecule has 2 nitrogen and oxygen atoms in total. The van der Waals surface area contributed by atoms with Crippen LogP contribution in [0.15, 0.2) is 192 Å². The molecule has 1 spiro atoms. The van der Waals surface area contributed by atoms with Gasteiger partial charge in [0.2, 0.25) is 0 Å². The third kappa shape index (κ3) is 4.22. The van der Waals surface area contributed by atoms with E-state index in [0.717, 1.165) is 44.6 Å². The molecule has 0 N–H and O–H groups in total. The molecule has 0 amide bonds. The standard InChI is InChI=1S/C52H37NO/c1-51(2)45-21-11-13-23-47(45)52(48-24-14-12-22-46(48)51)43-20-10-9-19-39(43)41-31-34(26-29-44(41)52)35-25-28-40-42-33-38(27-30-49(42)54-50(40)32-35)53(36-15-5-3-6-16-36)37-17-7-4-8-18-37/h3-33H,1-2H3. The first-order valence-corrected chi connectivity index (χ1v) is 18.8. The van der Waals surface area contributed by atoms with Gasteiger partial charge >= 0.3 is 0 Å². The van der Waals surface area contributed by atoms with Crippen molar-refractivity contribution in [2.75, 3.05) is 4.90 Å². The van der Waals surface area contributed by atoms with Crippen LogP contribution in [0.4, 0.5) is 17.1 Å². The van der Waals surface area contributed by atoms with Crippen LogP contribution in [0.5, 0.6) is 0 Å². The fourth-order valence-corrected chi connectivity index (χ4v) is 9.73. The molecule has 1 heterocycles. The first kappa shape index (κ1) is 30.9. The van der Waals surface area contributed by atoms with Crippen LogP contribution in [0.3, 0.4) is 0 Å². The molecule has 0 unspecified atom stereocenters. The molecule has 54 heavy (non-hydrogen) atoms. The zero-order valence-corrected chi connectivity index (χ0v) is 30.3. The molecule has 2 heteroatoms. The van der Waals surface area contributed by atoms with Crippen LogP contribution in [0.25, 0.3) is 44.2 Å². The third-order valence-corrected chi connectivity index (χ3v) is 12.1. The molecule has 0 bridgehead atoms. The first-order valence-electron chi connectivity index (χ1n) is 18.8. The van der Waals surface area contributed by atoms with Crippen LogP contribution in [0.1, 0.15) is 47.2 Å². The molecule has 0 atom stereocenters. The summed E-state index contributed by atoms with van der Waals surface area (Å²) in [6, 6.07) is 68.7. The smallest absolute Gasteiger partial charge is 0.136 e. The maximum absolute atomic E-state index is 6.58. The molecule has 0 fully saturated rings. The Morgan fingerprint density at radius 2 is 0.907 bits per heavy atom. The van der Waals surface area contributed by atoms with E-state index in [9.17, 15) is 0 Å². The van der Waals surface area contributed by atoms with Crippen molar-refractivity contribution in [1.29, 1.82) is 0 Å². The Hall–Kier alpha value is -6.64. The normalized spacial score (nSPS) is 14.4. The minimum absolute atomic E-state index is 0.111. The molecule has 8 aromatic carbocycles. The SMILES string of the molecule is CC1(C)c2ccccc2C2(c3ccccc3-c3cc(-c4ccc5c(c4)oc4ccc(N(c6ccccc6)c6ccccc6)cc45)ccc32)c2ccccc21. The van der Waals surface area contributed by atoms with E-state index in [1.54, 1.807) is 0 Å². The predicted molar refractivity (Wildman–Crippen MR) is 223 cm³/mol. The van der Waals surface area contributed by atoms with Crippen LogP contribution in [0, 0.1) is 0 Å². The van der Waals surface area contributed by atoms with Crippen molar-refractivity contribution in [2.24, 2.45) is 0 Å². The summed E-state index contributed by atoms with van der Waals surface area (Å²) in [5, 5.41) is 2.22. The van der Waals surface area contributed by atoms with Crippen molar-refractivity contribution in [1.82, 2.24) is 0 Å². The summed E-state index contributed by atoms with van der Waals surface area (Å²) in [4.78, 5) is 2.30. The van der Waals surface area contributed by atoms with Gasteiger partial charge in [-0.25, -0.2) is 0 Å². The summed E-state index contributed by atoms with van der Waals surface area (Å²) in [5.74, 6) is 0. The zero-order valence-electron chi connectivity index (χ0n) is 30.3. The monoisotopic (exact) mass is 691 g/mol. The average Bonchev–Trinajstić information content (AvgIpc) is 3.74. The number of hydrogen-bond acceptors (Lipinski definition) is 2. The highest BCUT2D eigenvalue weighted by Gasteiger charge is 2.53. The number of para-hydroxylation sites is 2. The molecule has 11 rings (SSSR count). The second kappa shape index (κ2) is 11.4. The van der Waals surface area contributed by atoms with Gasteiger partial charge in [0.25, 0.3) is 0 Å². The molecule has 9 aromatic rings. The Morgan fingerprint density at radius 3 is 1.57 bits per heavy atom. The summed E-state index contributed by atoms with van der Waals surface area (Å²) in [5.41, 5.74) is 17.8. The van der Waals surface area contributed by atoms with Gasteiger partial charge in [-0.2, -0.15) is 0 Å². The van der Waals surface area contributed by atoms with Crippen LogP contribution in [-0.2, 0) is 10.8 Å². The highest BCUT2D eigenvalue weighted by atomic mass is 16.3. The number of benzene rings is 8. The van der Waals surface area contributed by atoms with Gasteiger partial charge in [-0.3, -0.25) is 0 Å². The molecule has 0 saturated heterocycles. The summed E-state index contributed by atoms with van der Waals surface area (Å²) >= 11 is 0. The van der Waals surface area contributed by atoms with E-state index in [1.165, 1.54) is 50.1 Å². The number of fused-ring (bicyclic) bond motifs is 12. The van der Waals surface area contributed by atoms with Gasteiger partial charge in [0.05, 0.1) is 5.41 Å². The molecule has 0 saturated carbocycles. The Bertz CT molecular complexity index is 2830. The fraction of sp³-hybridized carbons (Fsp3) is 0.0769. The second-order valence-electron chi connectivity index (χ2n) is 15.3. The Morgan fingerprint density at radius 1 is 0.370 bits per heavy atom. The summed E-state index contributed by atoms with van der Waals surface area (Å²) in [7, 11) is 0. The van der Waals surface area contributed by atoms with Crippen molar-refractivity contribution in [3.63, 3.8) is 0 Å². The number of rotatable bonds is 4. The molecular formula is C52H37NO. The fourth-order valence-electron chi connectivity index (χ4n) is 9.73. The van der Waals surface area contributed by atoms with Crippen molar-refractivity contribution < 1.29 is 4.42 Å². The third-order valence-electron chi connectivity index (χ3n) is 12.1. The lowest BCUT2D eigenvalue weighted by Gasteiger charge is -2.46. The zero-order chi connectivity index (χ0) is 36.0. The topological polar surface area (TPSA) is 16.4 Å². The van der Waals surface area contributed by atoms with E-state index in [2.05, 4.69) is 207 Å². The van der Waals surface area contributed by atoms with Crippen molar-refractivity contribution in [3.05, 3.63) is 221 Å². The van der Waals surface area contributed by atoms with Crippen LogP contribution in [-0.4, -0.2) is 0 Å². The maximum Gasteiger partial charge on any atom is 0.136 e. The highest BCUT2D eigenvalue weighted by Crippen LogP contribution is 2.62. The van der Waals surface area contributed by atoms with Gasteiger partial charge in [0.15, 0.2) is 0 Å². The molecule has 0 aliphatic heterocycles. The van der Waals surface area contributed by atoms with Crippen molar-refractivity contribution in [3.8, 4) is 22.3 Å². The van der Waals surface area contributed by atoms with Gasteiger partial charge in [-0.15, -0.1) is 0 Å². The van der Waals surface area contributed by atoms with Gasteiger partial charge in [0.1, 0.15) is 11.2 Å². The molecule has 2 aliphatic carbocycles. The first-order chi connectivity index (χ1) is 26.5. The summed E-state index contributed by atoms with van der Waals surface area (Å²) in [6.45, 7) is 4.75. The molecular weight excluding hydrogens is 655 g/mol. The average molecular weight is 692 g/mol. The molecule has 1 aromatic heterocycles. The van der Waals surface area contributed by atoms with Gasteiger partial charge in [0, 0.05) is 33.2 Å². The largest absolute Gasteiger partial charge is 0.456 e. The Balaban J connectivity index is 1.06. The molecule has 0 radical (unpaired) electrons. The van der Waals surface area contributed by atoms with Crippen LogP contribution < -0.4 is 4.90 Å². The lowest BCUT2D eigenvalue weighted by molar-refractivity contribution is 0.563. The maximum atomic E-state index is 6.58. The van der Waals surface area contributed by atoms with Gasteiger partial charge in [-0.05, 0) is 116 Å². The Kier molecular flexibility index (Phi) is 6.55. The van der Waals surface area contributed by atoms with E-state index >= 15 is 0 Å².